The Hall–Kier alpha value is -1.78. The van der Waals surface area contributed by atoms with Gasteiger partial charge in [-0.05, 0) is 6.92 Å². The number of nitrogens with zero attached hydrogens (tertiary/aromatic N) is 2. The molecule has 0 unspecified atom stereocenters. The van der Waals surface area contributed by atoms with Gasteiger partial charge in [-0.15, -0.1) is 0 Å². The van der Waals surface area contributed by atoms with Crippen molar-refractivity contribution in [1.82, 2.24) is 14.6 Å². The zero-order valence-electron chi connectivity index (χ0n) is 6.53. The standard InChI is InChI=1S/C7H8N4O/c1-4-2-6(12)11-7(10-4)5(8)3-9-11/h2-3,9H,8H2,1H3. The normalized spacial score (nSPS) is 10.8. The Bertz CT molecular complexity index is 482. The fraction of sp³-hybridized carbons (Fsp3) is 0.143. The molecule has 2 aromatic rings. The van der Waals surface area contributed by atoms with Crippen LogP contribution in [0.4, 0.5) is 5.69 Å². The van der Waals surface area contributed by atoms with Gasteiger partial charge < -0.3 is 5.73 Å². The summed E-state index contributed by atoms with van der Waals surface area (Å²) in [6.45, 7) is 1.76. The van der Waals surface area contributed by atoms with Crippen LogP contribution in [0.3, 0.4) is 0 Å². The number of rotatable bonds is 0. The predicted octanol–water partition coefficient (Wildman–Crippen LogP) is -0.0868. The van der Waals surface area contributed by atoms with Gasteiger partial charge in [-0.3, -0.25) is 9.89 Å². The molecule has 0 aliphatic carbocycles. The highest BCUT2D eigenvalue weighted by molar-refractivity contribution is 5.62. The van der Waals surface area contributed by atoms with Gasteiger partial charge >= 0.3 is 0 Å². The van der Waals surface area contributed by atoms with Crippen molar-refractivity contribution in [3.63, 3.8) is 0 Å². The van der Waals surface area contributed by atoms with E-state index in [9.17, 15) is 4.79 Å². The summed E-state index contributed by atoms with van der Waals surface area (Å²) < 4.78 is 1.31. The molecule has 0 bridgehead atoms. The van der Waals surface area contributed by atoms with Crippen LogP contribution in [0.15, 0.2) is 17.1 Å². The molecule has 5 nitrogen and oxygen atoms in total. The second kappa shape index (κ2) is 2.10. The summed E-state index contributed by atoms with van der Waals surface area (Å²) >= 11 is 0. The van der Waals surface area contributed by atoms with E-state index in [0.717, 1.165) is 0 Å². The Balaban J connectivity index is 3.03. The van der Waals surface area contributed by atoms with E-state index in [-0.39, 0.29) is 5.56 Å². The lowest BCUT2D eigenvalue weighted by molar-refractivity contribution is 0.890. The molecule has 2 aromatic heterocycles. The third-order valence-electron chi connectivity index (χ3n) is 1.65. The maximum Gasteiger partial charge on any atom is 0.272 e. The van der Waals surface area contributed by atoms with Crippen molar-refractivity contribution in [3.8, 4) is 0 Å². The Morgan fingerprint density at radius 1 is 1.67 bits per heavy atom. The largest absolute Gasteiger partial charge is 0.394 e. The van der Waals surface area contributed by atoms with Crippen LogP contribution in [-0.2, 0) is 0 Å². The van der Waals surface area contributed by atoms with E-state index in [1.54, 1.807) is 13.1 Å². The number of fused-ring (bicyclic) bond motifs is 1. The maximum atomic E-state index is 11.2. The zero-order valence-corrected chi connectivity index (χ0v) is 6.53. The van der Waals surface area contributed by atoms with Crippen molar-refractivity contribution in [1.29, 1.82) is 0 Å². The molecular formula is C7H8N4O. The molecule has 0 aliphatic heterocycles. The maximum absolute atomic E-state index is 11.2. The van der Waals surface area contributed by atoms with Gasteiger partial charge in [0.15, 0.2) is 5.65 Å². The molecule has 0 atom stereocenters. The molecule has 3 N–H and O–H groups in total. The highest BCUT2D eigenvalue weighted by atomic mass is 16.1. The first-order chi connectivity index (χ1) is 5.68. The number of aryl methyl sites for hydroxylation is 1. The fourth-order valence-electron chi connectivity index (χ4n) is 1.11. The van der Waals surface area contributed by atoms with E-state index < -0.39 is 0 Å². The lowest BCUT2D eigenvalue weighted by atomic mass is 10.4. The molecule has 0 saturated heterocycles. The summed E-state index contributed by atoms with van der Waals surface area (Å²) in [6, 6.07) is 1.45. The van der Waals surface area contributed by atoms with E-state index in [4.69, 9.17) is 5.73 Å². The molecule has 2 rings (SSSR count). The number of hydrogen-bond donors (Lipinski definition) is 2. The van der Waals surface area contributed by atoms with Crippen molar-refractivity contribution in [3.05, 3.63) is 28.3 Å². The summed E-state index contributed by atoms with van der Waals surface area (Å²) in [5, 5.41) is 2.70. The smallest absolute Gasteiger partial charge is 0.272 e. The van der Waals surface area contributed by atoms with Crippen molar-refractivity contribution < 1.29 is 0 Å². The van der Waals surface area contributed by atoms with E-state index in [2.05, 4.69) is 10.1 Å². The first-order valence-electron chi connectivity index (χ1n) is 3.52. The lowest BCUT2D eigenvalue weighted by Gasteiger charge is -1.93. The van der Waals surface area contributed by atoms with Crippen molar-refractivity contribution in [2.24, 2.45) is 0 Å². The van der Waals surface area contributed by atoms with Gasteiger partial charge in [0.05, 0.1) is 5.69 Å². The van der Waals surface area contributed by atoms with Crippen LogP contribution in [0.25, 0.3) is 5.65 Å². The van der Waals surface area contributed by atoms with Gasteiger partial charge in [0.25, 0.3) is 5.56 Å². The summed E-state index contributed by atoms with van der Waals surface area (Å²) in [5.74, 6) is 0. The van der Waals surface area contributed by atoms with Crippen LogP contribution in [-0.4, -0.2) is 14.6 Å². The predicted molar refractivity (Wildman–Crippen MR) is 45.0 cm³/mol. The Morgan fingerprint density at radius 3 is 3.17 bits per heavy atom. The third-order valence-corrected chi connectivity index (χ3v) is 1.65. The van der Waals surface area contributed by atoms with Crippen LogP contribution in [0, 0.1) is 6.92 Å². The summed E-state index contributed by atoms with van der Waals surface area (Å²) in [5.41, 5.74) is 7.06. The average Bonchev–Trinajstić information content (AvgIpc) is 2.33. The van der Waals surface area contributed by atoms with Crippen molar-refractivity contribution in [2.45, 2.75) is 6.92 Å². The van der Waals surface area contributed by atoms with Gasteiger partial charge in [0.2, 0.25) is 0 Å². The number of nitrogens with one attached hydrogen (secondary N) is 1. The van der Waals surface area contributed by atoms with Gasteiger partial charge in [-0.25, -0.2) is 4.98 Å². The molecule has 0 spiro atoms. The van der Waals surface area contributed by atoms with Gasteiger partial charge in [0, 0.05) is 18.0 Å². The SMILES string of the molecule is Cc1cc(=O)n2[nH]cc(N)c2n1. The minimum atomic E-state index is -0.144. The molecule has 0 aliphatic rings. The molecule has 0 aromatic carbocycles. The summed E-state index contributed by atoms with van der Waals surface area (Å²) in [6.07, 6.45) is 1.54. The second-order valence-electron chi connectivity index (χ2n) is 2.62. The first-order valence-corrected chi connectivity index (χ1v) is 3.52. The number of anilines is 1. The molecular weight excluding hydrogens is 156 g/mol. The second-order valence-corrected chi connectivity index (χ2v) is 2.62. The van der Waals surface area contributed by atoms with Gasteiger partial charge in [-0.2, -0.15) is 4.52 Å². The molecule has 0 saturated carbocycles. The molecule has 0 amide bonds. The molecule has 0 fully saturated rings. The van der Waals surface area contributed by atoms with Gasteiger partial charge in [-0.1, -0.05) is 0 Å². The number of H-pyrrole nitrogens is 1. The van der Waals surface area contributed by atoms with E-state index in [1.807, 2.05) is 0 Å². The molecule has 62 valence electrons. The minimum Gasteiger partial charge on any atom is -0.394 e. The van der Waals surface area contributed by atoms with Crippen molar-refractivity contribution >= 4 is 11.3 Å². The number of hydrogen-bond acceptors (Lipinski definition) is 3. The van der Waals surface area contributed by atoms with Crippen LogP contribution < -0.4 is 11.3 Å². The highest BCUT2D eigenvalue weighted by Gasteiger charge is 2.02. The highest BCUT2D eigenvalue weighted by Crippen LogP contribution is 2.06. The van der Waals surface area contributed by atoms with Crippen LogP contribution in [0.1, 0.15) is 5.69 Å². The monoisotopic (exact) mass is 164 g/mol. The van der Waals surface area contributed by atoms with Crippen LogP contribution in [0.5, 0.6) is 0 Å². The minimum absolute atomic E-state index is 0.144. The van der Waals surface area contributed by atoms with Crippen molar-refractivity contribution in [2.75, 3.05) is 5.73 Å². The average molecular weight is 164 g/mol. The molecule has 0 radical (unpaired) electrons. The number of aromatic amines is 1. The van der Waals surface area contributed by atoms with Crippen LogP contribution >= 0.6 is 0 Å². The van der Waals surface area contributed by atoms with Gasteiger partial charge in [0.1, 0.15) is 0 Å². The molecule has 2 heterocycles. The molecule has 12 heavy (non-hydrogen) atoms. The Morgan fingerprint density at radius 2 is 2.42 bits per heavy atom. The van der Waals surface area contributed by atoms with E-state index in [1.165, 1.54) is 10.6 Å². The summed E-state index contributed by atoms with van der Waals surface area (Å²) in [4.78, 5) is 15.4. The summed E-state index contributed by atoms with van der Waals surface area (Å²) in [7, 11) is 0. The molecule has 5 heteroatoms. The first kappa shape index (κ1) is 6.90. The van der Waals surface area contributed by atoms with Crippen LogP contribution in [0.2, 0.25) is 0 Å². The lowest BCUT2D eigenvalue weighted by Crippen LogP contribution is -2.14. The topological polar surface area (TPSA) is 76.2 Å². The zero-order chi connectivity index (χ0) is 8.72. The quantitative estimate of drug-likeness (QED) is 0.571. The van der Waals surface area contributed by atoms with E-state index >= 15 is 0 Å². The Kier molecular flexibility index (Phi) is 1.21. The van der Waals surface area contributed by atoms with E-state index in [0.29, 0.717) is 17.0 Å². The number of nitrogens with two attached hydrogens (primary N) is 1. The number of aromatic nitrogens is 3. The number of nitrogen functional groups attached to an aromatic ring is 1. The third kappa shape index (κ3) is 0.795. The Labute approximate surface area is 67.8 Å². The fourth-order valence-corrected chi connectivity index (χ4v) is 1.11.